The summed E-state index contributed by atoms with van der Waals surface area (Å²) in [4.78, 5) is 0. The Hall–Kier alpha value is -9.50. The van der Waals surface area contributed by atoms with Crippen LogP contribution in [-0.4, -0.2) is 9.13 Å². The van der Waals surface area contributed by atoms with Gasteiger partial charge in [0.2, 0.25) is 0 Å². The van der Waals surface area contributed by atoms with Crippen LogP contribution in [0.1, 0.15) is 74.9 Å². The van der Waals surface area contributed by atoms with Crippen molar-refractivity contribution in [3.63, 3.8) is 0 Å². The zero-order chi connectivity index (χ0) is 57.0. The van der Waals surface area contributed by atoms with Crippen molar-refractivity contribution in [1.29, 1.82) is 0 Å². The van der Waals surface area contributed by atoms with E-state index in [2.05, 4.69) is 285 Å². The number of aryl methyl sites for hydroxylation is 4. The highest BCUT2D eigenvalue weighted by Gasteiger charge is 2.32. The van der Waals surface area contributed by atoms with Crippen LogP contribution in [0.4, 0.5) is 0 Å². The summed E-state index contributed by atoms with van der Waals surface area (Å²) < 4.78 is 5.32. The lowest BCUT2D eigenvalue weighted by Gasteiger charge is -2.23. The Morgan fingerprint density at radius 1 is 0.262 bits per heavy atom. The molecule has 0 spiro atoms. The molecule has 17 aromatic rings. The van der Waals surface area contributed by atoms with E-state index in [1.165, 1.54) is 197 Å². The number of fused-ring (bicyclic) bond motifs is 16. The number of hydrogen-bond acceptors (Lipinski definition) is 0. The molecule has 0 radical (unpaired) electrons. The summed E-state index contributed by atoms with van der Waals surface area (Å²) >= 11 is 0. The highest BCUT2D eigenvalue weighted by molar-refractivity contribution is 6.45. The third-order valence-electron chi connectivity index (χ3n) is 19.5. The van der Waals surface area contributed by atoms with E-state index in [0.29, 0.717) is 0 Å². The van der Waals surface area contributed by atoms with E-state index >= 15 is 0 Å². The minimum absolute atomic E-state index is 0.0201. The van der Waals surface area contributed by atoms with Gasteiger partial charge < -0.3 is 9.13 Å². The molecule has 0 saturated carbocycles. The first-order chi connectivity index (χ1) is 40.6. The molecule has 0 bridgehead atoms. The smallest absolute Gasteiger partial charge is 0.0633 e. The van der Waals surface area contributed by atoms with Gasteiger partial charge in [0.1, 0.15) is 0 Å². The molecular formula is C82H64N2. The molecule has 0 atom stereocenters. The molecule has 2 heteroatoms. The summed E-state index contributed by atoms with van der Waals surface area (Å²) in [5.74, 6) is 0. The van der Waals surface area contributed by atoms with Gasteiger partial charge in [-0.25, -0.2) is 0 Å². The SMILES string of the molecule is Cc1cc(C(C)(C)C)cc(C)c1-c1ccc2c(c1)c1cccc3c4c(-n5c6ccccc6c6ccccc65)c5c6cc7ccccc7c7c(-c8c(C)cc(C(C)(C)C)cc8C)ccc(c5c(-n5c8ccccc8c8ccccc85)c4cc2c13)c67. The molecule has 0 aliphatic rings. The molecule has 2 aromatic heterocycles. The van der Waals surface area contributed by atoms with Crippen molar-refractivity contribution in [2.45, 2.75) is 80.1 Å². The number of benzene rings is 13. The highest BCUT2D eigenvalue weighted by atomic mass is 15.0. The second-order valence-electron chi connectivity index (χ2n) is 26.5. The molecule has 402 valence electrons. The normalized spacial score (nSPS) is 12.9. The van der Waals surface area contributed by atoms with Crippen LogP contribution >= 0.6 is 0 Å². The molecule has 0 unspecified atom stereocenters. The predicted molar refractivity (Wildman–Crippen MR) is 365 cm³/mol. The fraction of sp³-hybridized carbons (Fsp3) is 0.146. The van der Waals surface area contributed by atoms with E-state index < -0.39 is 0 Å². The van der Waals surface area contributed by atoms with E-state index in [9.17, 15) is 0 Å². The topological polar surface area (TPSA) is 9.86 Å². The summed E-state index contributed by atoms with van der Waals surface area (Å²) in [5, 5.41) is 25.5. The number of rotatable bonds is 4. The first kappa shape index (κ1) is 49.1. The Labute approximate surface area is 489 Å². The fourth-order valence-corrected chi connectivity index (χ4v) is 15.9. The van der Waals surface area contributed by atoms with Crippen molar-refractivity contribution >= 4 is 130 Å². The molecule has 0 N–H and O–H groups in total. The monoisotopic (exact) mass is 1080 g/mol. The fourth-order valence-electron chi connectivity index (χ4n) is 15.9. The van der Waals surface area contributed by atoms with Gasteiger partial charge in [0, 0.05) is 43.1 Å². The van der Waals surface area contributed by atoms with E-state index in [0.717, 1.165) is 0 Å². The van der Waals surface area contributed by atoms with Crippen LogP contribution in [0.2, 0.25) is 0 Å². The van der Waals surface area contributed by atoms with Crippen LogP contribution in [0, 0.1) is 27.7 Å². The van der Waals surface area contributed by atoms with Gasteiger partial charge in [-0.15, -0.1) is 0 Å². The molecule has 0 fully saturated rings. The number of hydrogen-bond donors (Lipinski definition) is 0. The predicted octanol–water partition coefficient (Wildman–Crippen LogP) is 23.1. The Bertz CT molecular complexity index is 5570. The molecule has 2 heterocycles. The van der Waals surface area contributed by atoms with Crippen molar-refractivity contribution in [1.82, 2.24) is 9.13 Å². The van der Waals surface area contributed by atoms with Gasteiger partial charge in [0.15, 0.2) is 0 Å². The van der Waals surface area contributed by atoms with Gasteiger partial charge in [-0.1, -0.05) is 205 Å². The Morgan fingerprint density at radius 3 is 1.27 bits per heavy atom. The summed E-state index contributed by atoms with van der Waals surface area (Å²) in [6.07, 6.45) is 0. The van der Waals surface area contributed by atoms with Gasteiger partial charge in [-0.2, -0.15) is 0 Å². The third kappa shape index (κ3) is 6.57. The summed E-state index contributed by atoms with van der Waals surface area (Å²) in [7, 11) is 0. The van der Waals surface area contributed by atoms with Gasteiger partial charge in [0.25, 0.3) is 0 Å². The number of nitrogens with zero attached hydrogens (tertiary/aromatic N) is 2. The second-order valence-corrected chi connectivity index (χ2v) is 26.5. The molecule has 0 aliphatic carbocycles. The van der Waals surface area contributed by atoms with Crippen LogP contribution in [0.3, 0.4) is 0 Å². The van der Waals surface area contributed by atoms with Crippen LogP contribution < -0.4 is 0 Å². The van der Waals surface area contributed by atoms with Gasteiger partial charge in [-0.3, -0.25) is 0 Å². The molecule has 17 rings (SSSR count). The first-order valence-corrected chi connectivity index (χ1v) is 30.1. The molecule has 0 saturated heterocycles. The van der Waals surface area contributed by atoms with Crippen LogP contribution in [-0.2, 0) is 10.8 Å². The number of para-hydroxylation sites is 4. The maximum Gasteiger partial charge on any atom is 0.0633 e. The van der Waals surface area contributed by atoms with E-state index in [-0.39, 0.29) is 10.8 Å². The van der Waals surface area contributed by atoms with Crippen LogP contribution in [0.25, 0.3) is 163 Å². The zero-order valence-corrected chi connectivity index (χ0v) is 49.5. The average molecular weight is 1080 g/mol. The van der Waals surface area contributed by atoms with Crippen molar-refractivity contribution < 1.29 is 0 Å². The van der Waals surface area contributed by atoms with E-state index in [1.54, 1.807) is 0 Å². The van der Waals surface area contributed by atoms with Crippen molar-refractivity contribution in [3.8, 4) is 33.6 Å². The second kappa shape index (κ2) is 17.1. The Morgan fingerprint density at radius 2 is 0.714 bits per heavy atom. The standard InChI is InChI=1S/C82H64N2/c1-45-38-51(81(5,6)7)39-46(2)71(45)50-34-35-54-63(43-50)59-28-21-29-60-73(59)64(54)44-66-76(60)80(84-69-32-19-15-26-57(69)58-27-16-20-33-70(58)84)78-65-42-49-22-11-12-23-53(49)74-61(72-47(3)40-52(41-48(72)4)82(8,9)10)36-37-62(75(65)74)77(78)79(66)83-67-30-17-13-24-55(67)56-25-14-18-31-68(56)83/h11-44H,1-10H3. The van der Waals surface area contributed by atoms with E-state index in [1.807, 2.05) is 0 Å². The minimum atomic E-state index is 0.0201. The molecule has 84 heavy (non-hydrogen) atoms. The maximum absolute atomic E-state index is 2.66. The molecule has 15 aromatic carbocycles. The molecule has 0 amide bonds. The zero-order valence-electron chi connectivity index (χ0n) is 49.5. The van der Waals surface area contributed by atoms with Gasteiger partial charge in [-0.05, 0) is 201 Å². The summed E-state index contributed by atoms with van der Waals surface area (Å²) in [6, 6.07) is 80.0. The number of aromatic nitrogens is 2. The van der Waals surface area contributed by atoms with Crippen molar-refractivity contribution in [3.05, 3.63) is 240 Å². The Balaban J connectivity index is 1.14. The van der Waals surface area contributed by atoms with Crippen molar-refractivity contribution in [2.75, 3.05) is 0 Å². The van der Waals surface area contributed by atoms with Gasteiger partial charge in [0.05, 0.1) is 33.4 Å². The van der Waals surface area contributed by atoms with Crippen LogP contribution in [0.5, 0.6) is 0 Å². The van der Waals surface area contributed by atoms with E-state index in [4.69, 9.17) is 0 Å². The third-order valence-corrected chi connectivity index (χ3v) is 19.5. The van der Waals surface area contributed by atoms with Crippen LogP contribution in [0.15, 0.2) is 206 Å². The van der Waals surface area contributed by atoms with Gasteiger partial charge >= 0.3 is 0 Å². The van der Waals surface area contributed by atoms with Crippen molar-refractivity contribution in [2.24, 2.45) is 0 Å². The summed E-state index contributed by atoms with van der Waals surface area (Å²) in [5.41, 5.74) is 20.5. The largest absolute Gasteiger partial charge is 0.308 e. The lowest BCUT2D eigenvalue weighted by atomic mass is 9.81. The Kier molecular flexibility index (Phi) is 9.98. The summed E-state index contributed by atoms with van der Waals surface area (Å²) in [6.45, 7) is 23.2. The highest BCUT2D eigenvalue weighted by Crippen LogP contribution is 2.56. The first-order valence-electron chi connectivity index (χ1n) is 30.1. The minimum Gasteiger partial charge on any atom is -0.308 e. The maximum atomic E-state index is 2.66. The quantitative estimate of drug-likeness (QED) is 0.155. The molecular weight excluding hydrogens is 1010 g/mol. The average Bonchev–Trinajstić information content (AvgIpc) is 1.49. The lowest BCUT2D eigenvalue weighted by molar-refractivity contribution is 0.589. The lowest BCUT2D eigenvalue weighted by Crippen LogP contribution is -2.12. The molecule has 2 nitrogen and oxygen atoms in total. The molecule has 0 aliphatic heterocycles.